The molecule has 0 aliphatic heterocycles. The monoisotopic (exact) mass is 254 g/mol. The number of nitrogens with zero attached hydrogens (tertiary/aromatic N) is 2. The summed E-state index contributed by atoms with van der Waals surface area (Å²) in [5.74, 6) is -0.527. The molecule has 0 aromatic carbocycles. The van der Waals surface area contributed by atoms with Gasteiger partial charge in [-0.3, -0.25) is 14.8 Å². The first-order valence-electron chi connectivity index (χ1n) is 5.67. The minimum absolute atomic E-state index is 0.0443. The van der Waals surface area contributed by atoms with Crippen LogP contribution in [0.2, 0.25) is 0 Å². The zero-order valence-electron chi connectivity index (χ0n) is 10.7. The quantitative estimate of drug-likeness (QED) is 0.734. The molecule has 0 aliphatic rings. The van der Waals surface area contributed by atoms with Crippen molar-refractivity contribution >= 4 is 17.8 Å². The molecule has 3 N–H and O–H groups in total. The van der Waals surface area contributed by atoms with Gasteiger partial charge in [0, 0.05) is 25.4 Å². The van der Waals surface area contributed by atoms with Crippen molar-refractivity contribution in [1.82, 2.24) is 15.1 Å². The number of aromatic nitrogens is 2. The second-order valence-corrected chi connectivity index (χ2v) is 4.55. The van der Waals surface area contributed by atoms with Crippen LogP contribution in [0, 0.1) is 5.41 Å². The van der Waals surface area contributed by atoms with Crippen LogP contribution in [0.15, 0.2) is 12.3 Å². The van der Waals surface area contributed by atoms with Crippen molar-refractivity contribution in [1.29, 1.82) is 0 Å². The molecule has 0 fully saturated rings. The second kappa shape index (κ2) is 5.52. The third-order valence-corrected chi connectivity index (χ3v) is 2.48. The molecule has 1 rings (SSSR count). The summed E-state index contributed by atoms with van der Waals surface area (Å²) in [5, 5.41) is 18.0. The smallest absolute Gasteiger partial charge is 0.320 e. The fraction of sp³-hybridized carbons (Fsp3) is 0.545. The zero-order chi connectivity index (χ0) is 13.8. The van der Waals surface area contributed by atoms with Gasteiger partial charge < -0.3 is 10.4 Å². The molecule has 1 aromatic heterocycles. The second-order valence-electron chi connectivity index (χ2n) is 4.55. The number of hydrogen-bond acceptors (Lipinski definition) is 3. The van der Waals surface area contributed by atoms with Crippen LogP contribution in [0.5, 0.6) is 0 Å². The van der Waals surface area contributed by atoms with Gasteiger partial charge in [0.2, 0.25) is 0 Å². The minimum atomic E-state index is -1.000. The molecule has 0 bridgehead atoms. The van der Waals surface area contributed by atoms with Gasteiger partial charge >= 0.3 is 12.0 Å². The molecule has 7 nitrogen and oxygen atoms in total. The van der Waals surface area contributed by atoms with E-state index in [1.807, 2.05) is 6.92 Å². The first-order chi connectivity index (χ1) is 8.35. The summed E-state index contributed by atoms with van der Waals surface area (Å²) in [4.78, 5) is 22.4. The van der Waals surface area contributed by atoms with E-state index >= 15 is 0 Å². The summed E-state index contributed by atoms with van der Waals surface area (Å²) >= 11 is 0. The van der Waals surface area contributed by atoms with Crippen molar-refractivity contribution in [2.75, 3.05) is 11.9 Å². The molecule has 0 spiro atoms. The SMILES string of the molecule is CCn1ccc(NC(=O)NCC(C)(C)C(=O)O)n1. The first-order valence-corrected chi connectivity index (χ1v) is 5.67. The number of aliphatic carboxylic acids is 1. The standard InChI is InChI=1S/C11H18N4O3/c1-4-15-6-5-8(14-15)13-10(18)12-7-11(2,3)9(16)17/h5-6H,4,7H2,1-3H3,(H,16,17)(H2,12,13,14,18). The maximum absolute atomic E-state index is 11.5. The van der Waals surface area contributed by atoms with Gasteiger partial charge in [0.05, 0.1) is 5.41 Å². The van der Waals surface area contributed by atoms with E-state index in [1.165, 1.54) is 0 Å². The Balaban J connectivity index is 2.45. The Morgan fingerprint density at radius 3 is 2.67 bits per heavy atom. The largest absolute Gasteiger partial charge is 0.481 e. The van der Waals surface area contributed by atoms with Crippen molar-refractivity contribution in [2.24, 2.45) is 5.41 Å². The van der Waals surface area contributed by atoms with Gasteiger partial charge in [0.15, 0.2) is 5.82 Å². The summed E-state index contributed by atoms with van der Waals surface area (Å²) in [5.41, 5.74) is -1.000. The lowest BCUT2D eigenvalue weighted by atomic mass is 9.94. The maximum Gasteiger partial charge on any atom is 0.320 e. The van der Waals surface area contributed by atoms with Crippen molar-refractivity contribution in [3.8, 4) is 0 Å². The van der Waals surface area contributed by atoms with Gasteiger partial charge in [-0.15, -0.1) is 0 Å². The van der Waals surface area contributed by atoms with Crippen LogP contribution < -0.4 is 10.6 Å². The Hall–Kier alpha value is -2.05. The summed E-state index contributed by atoms with van der Waals surface area (Å²) < 4.78 is 1.68. The Labute approximate surface area is 105 Å². The number of amides is 2. The van der Waals surface area contributed by atoms with Crippen LogP contribution in [0.4, 0.5) is 10.6 Å². The molecule has 0 aliphatic carbocycles. The number of carboxylic acid groups (broad SMARTS) is 1. The molecular formula is C11H18N4O3. The fourth-order valence-electron chi connectivity index (χ4n) is 1.14. The number of rotatable bonds is 5. The van der Waals surface area contributed by atoms with Gasteiger partial charge in [0.1, 0.15) is 0 Å². The highest BCUT2D eigenvalue weighted by molar-refractivity contribution is 5.88. The Morgan fingerprint density at radius 1 is 1.50 bits per heavy atom. The molecule has 0 radical (unpaired) electrons. The molecule has 0 saturated carbocycles. The summed E-state index contributed by atoms with van der Waals surface area (Å²) in [7, 11) is 0. The predicted molar refractivity (Wildman–Crippen MR) is 66.3 cm³/mol. The topological polar surface area (TPSA) is 96.2 Å². The number of anilines is 1. The molecule has 7 heteroatoms. The molecular weight excluding hydrogens is 236 g/mol. The number of carbonyl (C=O) groups excluding carboxylic acids is 1. The lowest BCUT2D eigenvalue weighted by Gasteiger charge is -2.19. The van der Waals surface area contributed by atoms with E-state index in [1.54, 1.807) is 30.8 Å². The van der Waals surface area contributed by atoms with E-state index in [0.29, 0.717) is 5.82 Å². The number of hydrogen-bond donors (Lipinski definition) is 3. The van der Waals surface area contributed by atoms with Gasteiger partial charge in [-0.1, -0.05) is 0 Å². The molecule has 0 unspecified atom stereocenters. The third kappa shape index (κ3) is 3.76. The molecule has 0 saturated heterocycles. The number of aryl methyl sites for hydroxylation is 1. The average molecular weight is 254 g/mol. The summed E-state index contributed by atoms with van der Waals surface area (Å²) in [6.07, 6.45) is 1.75. The van der Waals surface area contributed by atoms with Gasteiger partial charge in [0.25, 0.3) is 0 Å². The van der Waals surface area contributed by atoms with Crippen LogP contribution in [0.1, 0.15) is 20.8 Å². The van der Waals surface area contributed by atoms with Gasteiger partial charge in [-0.05, 0) is 20.8 Å². The van der Waals surface area contributed by atoms with Gasteiger partial charge in [-0.25, -0.2) is 4.79 Å². The molecule has 1 aromatic rings. The van der Waals surface area contributed by atoms with Crippen molar-refractivity contribution < 1.29 is 14.7 Å². The van der Waals surface area contributed by atoms with Crippen molar-refractivity contribution in [3.05, 3.63) is 12.3 Å². The predicted octanol–water partition coefficient (Wildman–Crippen LogP) is 1.14. The summed E-state index contributed by atoms with van der Waals surface area (Å²) in [6.45, 7) is 5.78. The average Bonchev–Trinajstić information content (AvgIpc) is 2.74. The molecule has 2 amide bonds. The van der Waals surface area contributed by atoms with Crippen LogP contribution in [0.25, 0.3) is 0 Å². The minimum Gasteiger partial charge on any atom is -0.481 e. The van der Waals surface area contributed by atoms with Crippen LogP contribution in [0.3, 0.4) is 0 Å². The van der Waals surface area contributed by atoms with E-state index in [-0.39, 0.29) is 6.54 Å². The van der Waals surface area contributed by atoms with Gasteiger partial charge in [-0.2, -0.15) is 5.10 Å². The number of carbonyl (C=O) groups is 2. The normalized spacial score (nSPS) is 11.1. The van der Waals surface area contributed by atoms with E-state index in [9.17, 15) is 9.59 Å². The van der Waals surface area contributed by atoms with E-state index in [2.05, 4.69) is 15.7 Å². The first kappa shape index (κ1) is 14.0. The number of urea groups is 1. The molecule has 100 valence electrons. The van der Waals surface area contributed by atoms with E-state index in [0.717, 1.165) is 6.54 Å². The van der Waals surface area contributed by atoms with Crippen LogP contribution in [-0.4, -0.2) is 33.4 Å². The third-order valence-electron chi connectivity index (χ3n) is 2.48. The lowest BCUT2D eigenvalue weighted by molar-refractivity contribution is -0.146. The Morgan fingerprint density at radius 2 is 2.17 bits per heavy atom. The van der Waals surface area contributed by atoms with Crippen molar-refractivity contribution in [2.45, 2.75) is 27.3 Å². The number of nitrogens with one attached hydrogen (secondary N) is 2. The Kier molecular flexibility index (Phi) is 4.30. The highest BCUT2D eigenvalue weighted by atomic mass is 16.4. The zero-order valence-corrected chi connectivity index (χ0v) is 10.7. The number of carboxylic acids is 1. The Bertz CT molecular complexity index is 439. The highest BCUT2D eigenvalue weighted by Gasteiger charge is 2.27. The van der Waals surface area contributed by atoms with Crippen LogP contribution in [-0.2, 0) is 11.3 Å². The summed E-state index contributed by atoms with van der Waals surface area (Å²) in [6, 6.07) is 1.21. The van der Waals surface area contributed by atoms with Crippen molar-refractivity contribution in [3.63, 3.8) is 0 Å². The van der Waals surface area contributed by atoms with E-state index < -0.39 is 17.4 Å². The van der Waals surface area contributed by atoms with E-state index in [4.69, 9.17) is 5.11 Å². The molecule has 1 heterocycles. The highest BCUT2D eigenvalue weighted by Crippen LogP contribution is 2.13. The fourth-order valence-corrected chi connectivity index (χ4v) is 1.14. The maximum atomic E-state index is 11.5. The van der Waals surface area contributed by atoms with Crippen LogP contribution >= 0.6 is 0 Å². The lowest BCUT2D eigenvalue weighted by Crippen LogP contribution is -2.40. The molecule has 0 atom stereocenters. The molecule has 18 heavy (non-hydrogen) atoms.